The van der Waals surface area contributed by atoms with E-state index in [-0.39, 0.29) is 16.7 Å². The minimum atomic E-state index is -0.353. The van der Waals surface area contributed by atoms with Gasteiger partial charge in [0.15, 0.2) is 0 Å². The Balaban J connectivity index is 2.86. The second kappa shape index (κ2) is 7.06. The quantitative estimate of drug-likeness (QED) is 0.597. The molecule has 1 N–H and O–H groups in total. The molecule has 1 aromatic rings. The average molecular weight is 251 g/mol. The van der Waals surface area contributed by atoms with Crippen molar-refractivity contribution in [2.75, 3.05) is 6.54 Å². The molecule has 0 bridgehead atoms. The van der Waals surface area contributed by atoms with Crippen molar-refractivity contribution in [1.29, 1.82) is 0 Å². The van der Waals surface area contributed by atoms with Crippen LogP contribution in [0.3, 0.4) is 0 Å². The first kappa shape index (κ1) is 14.6. The van der Waals surface area contributed by atoms with Crippen molar-refractivity contribution in [3.05, 3.63) is 33.6 Å². The van der Waals surface area contributed by atoms with E-state index < -0.39 is 0 Å². The van der Waals surface area contributed by atoms with E-state index in [1.54, 1.807) is 12.1 Å². The summed E-state index contributed by atoms with van der Waals surface area (Å²) in [5, 5.41) is 14.4. The van der Waals surface area contributed by atoms with E-state index in [1.165, 1.54) is 0 Å². The maximum Gasteiger partial charge on any atom is 0.290 e. The summed E-state index contributed by atoms with van der Waals surface area (Å²) >= 11 is 0. The van der Waals surface area contributed by atoms with E-state index >= 15 is 0 Å². The summed E-state index contributed by atoms with van der Waals surface area (Å²) in [6.07, 6.45) is 2.60. The monoisotopic (exact) mass is 251 g/mol. The van der Waals surface area contributed by atoms with Gasteiger partial charge in [0.25, 0.3) is 5.69 Å². The van der Waals surface area contributed by atoms with E-state index in [0.29, 0.717) is 12.1 Å². The molecule has 0 amide bonds. The van der Waals surface area contributed by atoms with E-state index in [1.807, 2.05) is 6.92 Å². The molecule has 0 aliphatic heterocycles. The standard InChI is InChI=1S/C13H21N3O2/c1-4-8-14-11(5-2)9-12-13(16(17)18)7-6-10(3)15-12/h6-7,11,14H,4-5,8-9H2,1-3H3. The normalized spacial score (nSPS) is 12.4. The Hall–Kier alpha value is -1.49. The second-order valence-electron chi connectivity index (χ2n) is 4.44. The lowest BCUT2D eigenvalue weighted by molar-refractivity contribution is -0.386. The highest BCUT2D eigenvalue weighted by atomic mass is 16.6. The van der Waals surface area contributed by atoms with Gasteiger partial charge in [0.05, 0.1) is 4.92 Å². The highest BCUT2D eigenvalue weighted by Gasteiger charge is 2.18. The summed E-state index contributed by atoms with van der Waals surface area (Å²) in [7, 11) is 0. The third kappa shape index (κ3) is 4.07. The summed E-state index contributed by atoms with van der Waals surface area (Å²) in [4.78, 5) is 14.9. The predicted octanol–water partition coefficient (Wildman–Crippen LogP) is 2.62. The van der Waals surface area contributed by atoms with Gasteiger partial charge in [-0.05, 0) is 32.4 Å². The van der Waals surface area contributed by atoms with Gasteiger partial charge in [-0.15, -0.1) is 0 Å². The van der Waals surface area contributed by atoms with Crippen molar-refractivity contribution < 1.29 is 4.92 Å². The van der Waals surface area contributed by atoms with Crippen LogP contribution in [-0.4, -0.2) is 22.5 Å². The fraction of sp³-hybridized carbons (Fsp3) is 0.615. The molecule has 1 aromatic heterocycles. The Bertz CT molecular complexity index is 407. The molecule has 1 unspecified atom stereocenters. The minimum absolute atomic E-state index is 0.123. The summed E-state index contributed by atoms with van der Waals surface area (Å²) in [5.41, 5.74) is 1.52. The molecule has 1 rings (SSSR count). The number of aromatic nitrogens is 1. The molecule has 1 heterocycles. The lowest BCUT2D eigenvalue weighted by atomic mass is 10.1. The van der Waals surface area contributed by atoms with Gasteiger partial charge in [-0.2, -0.15) is 0 Å². The van der Waals surface area contributed by atoms with Crippen LogP contribution in [0.15, 0.2) is 12.1 Å². The van der Waals surface area contributed by atoms with Gasteiger partial charge < -0.3 is 5.32 Å². The molecule has 5 heteroatoms. The van der Waals surface area contributed by atoms with Crippen LogP contribution < -0.4 is 5.32 Å². The van der Waals surface area contributed by atoms with Crippen LogP contribution in [0.1, 0.15) is 38.1 Å². The molecular formula is C13H21N3O2. The molecule has 0 radical (unpaired) electrons. The summed E-state index contributed by atoms with van der Waals surface area (Å²) < 4.78 is 0. The van der Waals surface area contributed by atoms with E-state index in [4.69, 9.17) is 0 Å². The number of nitrogens with zero attached hydrogens (tertiary/aromatic N) is 2. The van der Waals surface area contributed by atoms with Crippen LogP contribution in [0.4, 0.5) is 5.69 Å². The first-order valence-electron chi connectivity index (χ1n) is 6.42. The number of hydrogen-bond acceptors (Lipinski definition) is 4. The molecule has 0 fully saturated rings. The fourth-order valence-corrected chi connectivity index (χ4v) is 1.86. The van der Waals surface area contributed by atoms with Gasteiger partial charge in [0, 0.05) is 24.2 Å². The Morgan fingerprint density at radius 3 is 2.72 bits per heavy atom. The molecule has 1 atom stereocenters. The number of nitro groups is 1. The maximum atomic E-state index is 11.0. The summed E-state index contributed by atoms with van der Waals surface area (Å²) in [6, 6.07) is 3.48. The molecule has 0 aliphatic carbocycles. The van der Waals surface area contributed by atoms with Crippen LogP contribution in [0.25, 0.3) is 0 Å². The number of rotatable bonds is 7. The SMILES string of the molecule is CCCNC(CC)Cc1nc(C)ccc1[N+](=O)[O-]. The summed E-state index contributed by atoms with van der Waals surface area (Å²) in [5.74, 6) is 0. The lowest BCUT2D eigenvalue weighted by Gasteiger charge is -2.16. The van der Waals surface area contributed by atoms with Crippen LogP contribution in [0, 0.1) is 17.0 Å². The lowest BCUT2D eigenvalue weighted by Crippen LogP contribution is -2.31. The van der Waals surface area contributed by atoms with Gasteiger partial charge in [0.2, 0.25) is 0 Å². The van der Waals surface area contributed by atoms with Crippen LogP contribution >= 0.6 is 0 Å². The molecule has 0 saturated carbocycles. The van der Waals surface area contributed by atoms with Gasteiger partial charge in [-0.25, -0.2) is 0 Å². The number of nitrogens with one attached hydrogen (secondary N) is 1. The molecule has 18 heavy (non-hydrogen) atoms. The van der Waals surface area contributed by atoms with Gasteiger partial charge >= 0.3 is 0 Å². The van der Waals surface area contributed by atoms with E-state index in [2.05, 4.69) is 24.1 Å². The minimum Gasteiger partial charge on any atom is -0.314 e. The summed E-state index contributed by atoms with van der Waals surface area (Å²) in [6.45, 7) is 6.97. The zero-order chi connectivity index (χ0) is 13.5. The topological polar surface area (TPSA) is 68.1 Å². The van der Waals surface area contributed by atoms with Gasteiger partial charge in [-0.1, -0.05) is 13.8 Å². The highest BCUT2D eigenvalue weighted by molar-refractivity contribution is 5.36. The smallest absolute Gasteiger partial charge is 0.290 e. The van der Waals surface area contributed by atoms with Crippen molar-refractivity contribution in [2.45, 2.75) is 46.1 Å². The first-order chi connectivity index (χ1) is 8.58. The largest absolute Gasteiger partial charge is 0.314 e. The molecule has 0 aliphatic rings. The first-order valence-corrected chi connectivity index (χ1v) is 6.42. The van der Waals surface area contributed by atoms with Crippen molar-refractivity contribution in [1.82, 2.24) is 10.3 Å². The zero-order valence-electron chi connectivity index (χ0n) is 11.3. The van der Waals surface area contributed by atoms with Crippen LogP contribution in [0.5, 0.6) is 0 Å². The maximum absolute atomic E-state index is 11.0. The molecule has 100 valence electrons. The van der Waals surface area contributed by atoms with Crippen molar-refractivity contribution in [2.24, 2.45) is 0 Å². The Labute approximate surface area is 108 Å². The Morgan fingerprint density at radius 2 is 2.17 bits per heavy atom. The van der Waals surface area contributed by atoms with Gasteiger partial charge in [0.1, 0.15) is 5.69 Å². The fourth-order valence-electron chi connectivity index (χ4n) is 1.86. The average Bonchev–Trinajstić information content (AvgIpc) is 2.34. The third-order valence-corrected chi connectivity index (χ3v) is 2.90. The molecule has 0 spiro atoms. The highest BCUT2D eigenvalue weighted by Crippen LogP contribution is 2.19. The van der Waals surface area contributed by atoms with Crippen LogP contribution in [0.2, 0.25) is 0 Å². The zero-order valence-corrected chi connectivity index (χ0v) is 11.3. The third-order valence-electron chi connectivity index (χ3n) is 2.90. The number of aryl methyl sites for hydroxylation is 1. The van der Waals surface area contributed by atoms with Crippen molar-refractivity contribution in [3.63, 3.8) is 0 Å². The van der Waals surface area contributed by atoms with Crippen molar-refractivity contribution in [3.8, 4) is 0 Å². The second-order valence-corrected chi connectivity index (χ2v) is 4.44. The predicted molar refractivity (Wildman–Crippen MR) is 71.7 cm³/mol. The molecular weight excluding hydrogens is 230 g/mol. The van der Waals surface area contributed by atoms with Crippen molar-refractivity contribution >= 4 is 5.69 Å². The van der Waals surface area contributed by atoms with E-state index in [0.717, 1.165) is 25.1 Å². The number of hydrogen-bond donors (Lipinski definition) is 1. The van der Waals surface area contributed by atoms with Crippen LogP contribution in [-0.2, 0) is 6.42 Å². The molecule has 0 saturated heterocycles. The Kier molecular flexibility index (Phi) is 5.71. The molecule has 5 nitrogen and oxygen atoms in total. The Morgan fingerprint density at radius 1 is 1.44 bits per heavy atom. The number of pyridine rings is 1. The van der Waals surface area contributed by atoms with E-state index in [9.17, 15) is 10.1 Å². The molecule has 0 aromatic carbocycles. The van der Waals surface area contributed by atoms with Gasteiger partial charge in [-0.3, -0.25) is 15.1 Å².